The van der Waals surface area contributed by atoms with Crippen molar-refractivity contribution >= 4 is 41.5 Å². The highest BCUT2D eigenvalue weighted by atomic mass is 127. The minimum absolute atomic E-state index is 0. The lowest BCUT2D eigenvalue weighted by atomic mass is 10.1. The second kappa shape index (κ2) is 12.1. The molecule has 0 aliphatic carbocycles. The summed E-state index contributed by atoms with van der Waals surface area (Å²) in [6, 6.07) is 17.4. The van der Waals surface area contributed by atoms with E-state index in [1.165, 1.54) is 0 Å². The molecule has 0 aromatic heterocycles. The number of benzene rings is 2. The maximum absolute atomic E-state index is 10.2. The number of guanidine groups is 1. The van der Waals surface area contributed by atoms with Crippen LogP contribution in [0.25, 0.3) is 0 Å². The maximum Gasteiger partial charge on any atom is 0.191 e. The van der Waals surface area contributed by atoms with Crippen molar-refractivity contribution in [3.63, 3.8) is 0 Å². The van der Waals surface area contributed by atoms with E-state index in [0.717, 1.165) is 28.7 Å². The number of aliphatic imine (C=N–C) groups is 1. The monoisotopic (exact) mass is 473 g/mol. The Balaban J connectivity index is 0.00000312. The Morgan fingerprint density at radius 2 is 1.76 bits per heavy atom. The first-order valence-corrected chi connectivity index (χ1v) is 8.57. The molecule has 0 amide bonds. The number of nitrogens with one attached hydrogen (secondary N) is 2. The van der Waals surface area contributed by atoms with Gasteiger partial charge in [0.05, 0.1) is 12.6 Å². The van der Waals surface area contributed by atoms with Crippen molar-refractivity contribution in [2.75, 3.05) is 13.1 Å². The van der Waals surface area contributed by atoms with E-state index in [1.54, 1.807) is 0 Å². The topological polar surface area (TPSA) is 56.7 Å². The molecular formula is C19H25ClIN3O. The van der Waals surface area contributed by atoms with Crippen molar-refractivity contribution in [2.24, 2.45) is 4.99 Å². The molecule has 0 radical (unpaired) electrons. The summed E-state index contributed by atoms with van der Waals surface area (Å²) >= 11 is 6.16. The average molecular weight is 474 g/mol. The van der Waals surface area contributed by atoms with Crippen LogP contribution in [0.2, 0.25) is 5.02 Å². The van der Waals surface area contributed by atoms with Crippen LogP contribution < -0.4 is 10.6 Å². The van der Waals surface area contributed by atoms with Crippen LogP contribution in [0.4, 0.5) is 0 Å². The minimum Gasteiger partial charge on any atom is -0.388 e. The van der Waals surface area contributed by atoms with E-state index in [0.29, 0.717) is 19.5 Å². The zero-order valence-electron chi connectivity index (χ0n) is 14.3. The van der Waals surface area contributed by atoms with E-state index in [2.05, 4.69) is 15.6 Å². The van der Waals surface area contributed by atoms with Gasteiger partial charge in [-0.3, -0.25) is 0 Å². The minimum atomic E-state index is -0.481. The molecule has 0 spiro atoms. The first-order valence-electron chi connectivity index (χ1n) is 8.19. The number of rotatable bonds is 7. The van der Waals surface area contributed by atoms with Gasteiger partial charge in [-0.25, -0.2) is 4.99 Å². The van der Waals surface area contributed by atoms with Gasteiger partial charge in [0.25, 0.3) is 0 Å². The molecule has 0 heterocycles. The van der Waals surface area contributed by atoms with E-state index in [1.807, 2.05) is 61.5 Å². The molecule has 3 N–H and O–H groups in total. The summed E-state index contributed by atoms with van der Waals surface area (Å²) in [4.78, 5) is 4.54. The van der Waals surface area contributed by atoms with Crippen LogP contribution >= 0.6 is 35.6 Å². The number of aliphatic hydroxyl groups is 1. The van der Waals surface area contributed by atoms with E-state index >= 15 is 0 Å². The van der Waals surface area contributed by atoms with Crippen molar-refractivity contribution in [3.05, 3.63) is 70.7 Å². The molecule has 2 rings (SSSR count). The quantitative estimate of drug-likeness (QED) is 0.322. The predicted molar refractivity (Wildman–Crippen MR) is 116 cm³/mol. The molecule has 4 nitrogen and oxygen atoms in total. The largest absolute Gasteiger partial charge is 0.388 e. The van der Waals surface area contributed by atoms with Gasteiger partial charge < -0.3 is 15.7 Å². The van der Waals surface area contributed by atoms with E-state index in [-0.39, 0.29) is 24.0 Å². The van der Waals surface area contributed by atoms with E-state index in [9.17, 15) is 5.11 Å². The average Bonchev–Trinajstić information content (AvgIpc) is 2.61. The molecule has 0 fully saturated rings. The Morgan fingerprint density at radius 3 is 2.44 bits per heavy atom. The van der Waals surface area contributed by atoms with Gasteiger partial charge in [0.2, 0.25) is 0 Å². The van der Waals surface area contributed by atoms with Crippen LogP contribution in [0, 0.1) is 0 Å². The number of aliphatic hydroxyl groups excluding tert-OH is 1. The fourth-order valence-electron chi connectivity index (χ4n) is 2.30. The lowest BCUT2D eigenvalue weighted by molar-refractivity contribution is 0.168. The Labute approximate surface area is 171 Å². The highest BCUT2D eigenvalue weighted by Gasteiger charge is 2.07. The van der Waals surface area contributed by atoms with Crippen molar-refractivity contribution < 1.29 is 5.11 Å². The van der Waals surface area contributed by atoms with Crippen molar-refractivity contribution in [2.45, 2.75) is 26.0 Å². The Bertz CT molecular complexity index is 652. The van der Waals surface area contributed by atoms with Gasteiger partial charge in [-0.1, -0.05) is 60.1 Å². The van der Waals surface area contributed by atoms with Crippen LogP contribution in [-0.4, -0.2) is 24.2 Å². The summed E-state index contributed by atoms with van der Waals surface area (Å²) in [5.41, 5.74) is 1.91. The van der Waals surface area contributed by atoms with Gasteiger partial charge in [-0.2, -0.15) is 0 Å². The molecule has 2 aromatic carbocycles. The van der Waals surface area contributed by atoms with Crippen molar-refractivity contribution in [1.82, 2.24) is 10.6 Å². The summed E-state index contributed by atoms with van der Waals surface area (Å²) in [6.45, 7) is 3.93. The standard InChI is InChI=1S/C19H24ClN3O.HI/c1-2-21-19(23-14-16-10-6-7-11-17(16)20)22-13-12-18(24)15-8-4-3-5-9-15;/h3-11,18,24H,2,12-14H2,1H3,(H2,21,22,23);1H. The van der Waals surface area contributed by atoms with Gasteiger partial charge in [-0.05, 0) is 30.5 Å². The molecule has 1 atom stereocenters. The maximum atomic E-state index is 10.2. The molecular weight excluding hydrogens is 449 g/mol. The lowest BCUT2D eigenvalue weighted by Crippen LogP contribution is -2.38. The smallest absolute Gasteiger partial charge is 0.191 e. The Hall–Kier alpha value is -1.31. The first kappa shape index (κ1) is 21.7. The van der Waals surface area contributed by atoms with Crippen LogP contribution in [0.15, 0.2) is 59.6 Å². The van der Waals surface area contributed by atoms with Crippen molar-refractivity contribution in [3.8, 4) is 0 Å². The fraction of sp³-hybridized carbons (Fsp3) is 0.316. The molecule has 0 aliphatic rings. The third kappa shape index (κ3) is 7.63. The molecule has 136 valence electrons. The fourth-order valence-corrected chi connectivity index (χ4v) is 2.50. The second-order valence-electron chi connectivity index (χ2n) is 5.43. The third-order valence-electron chi connectivity index (χ3n) is 3.60. The van der Waals surface area contributed by atoms with Gasteiger partial charge in [0.15, 0.2) is 5.96 Å². The second-order valence-corrected chi connectivity index (χ2v) is 5.84. The Kier molecular flexibility index (Phi) is 10.5. The first-order chi connectivity index (χ1) is 11.7. The molecule has 6 heteroatoms. The van der Waals surface area contributed by atoms with Crippen molar-refractivity contribution in [1.29, 1.82) is 0 Å². The third-order valence-corrected chi connectivity index (χ3v) is 3.97. The highest BCUT2D eigenvalue weighted by molar-refractivity contribution is 14.0. The number of hydrogen-bond donors (Lipinski definition) is 3. The van der Waals surface area contributed by atoms with Gasteiger partial charge in [0.1, 0.15) is 0 Å². The summed E-state index contributed by atoms with van der Waals surface area (Å²) in [5.74, 6) is 0.720. The molecule has 1 unspecified atom stereocenters. The SMILES string of the molecule is CCNC(=NCc1ccccc1Cl)NCCC(O)c1ccccc1.I. The lowest BCUT2D eigenvalue weighted by Gasteiger charge is -2.14. The molecule has 0 aliphatic heterocycles. The number of halogens is 2. The van der Waals surface area contributed by atoms with Gasteiger partial charge >= 0.3 is 0 Å². The summed E-state index contributed by atoms with van der Waals surface area (Å²) in [7, 11) is 0. The predicted octanol–water partition coefficient (Wildman–Crippen LogP) is 4.14. The van der Waals surface area contributed by atoms with Crippen LogP contribution in [0.5, 0.6) is 0 Å². The van der Waals surface area contributed by atoms with Crippen LogP contribution in [-0.2, 0) is 6.54 Å². The molecule has 0 saturated carbocycles. The molecule has 0 bridgehead atoms. The van der Waals surface area contributed by atoms with Gasteiger partial charge in [-0.15, -0.1) is 24.0 Å². The zero-order chi connectivity index (χ0) is 17.2. The van der Waals surface area contributed by atoms with Crippen LogP contribution in [0.1, 0.15) is 30.6 Å². The summed E-state index contributed by atoms with van der Waals surface area (Å²) in [6.07, 6.45) is 0.130. The van der Waals surface area contributed by atoms with E-state index in [4.69, 9.17) is 11.6 Å². The normalized spacial score (nSPS) is 12.2. The van der Waals surface area contributed by atoms with Crippen LogP contribution in [0.3, 0.4) is 0 Å². The summed E-state index contributed by atoms with van der Waals surface area (Å²) in [5, 5.41) is 17.4. The molecule has 2 aromatic rings. The van der Waals surface area contributed by atoms with E-state index < -0.39 is 6.10 Å². The number of hydrogen-bond acceptors (Lipinski definition) is 2. The zero-order valence-corrected chi connectivity index (χ0v) is 17.4. The highest BCUT2D eigenvalue weighted by Crippen LogP contribution is 2.16. The summed E-state index contributed by atoms with van der Waals surface area (Å²) < 4.78 is 0. The Morgan fingerprint density at radius 1 is 1.08 bits per heavy atom. The molecule has 0 saturated heterocycles. The number of nitrogens with zero attached hydrogens (tertiary/aromatic N) is 1. The van der Waals surface area contributed by atoms with Gasteiger partial charge in [0, 0.05) is 18.1 Å². The molecule has 25 heavy (non-hydrogen) atoms.